The van der Waals surface area contributed by atoms with Gasteiger partial charge in [-0.3, -0.25) is 4.79 Å². The number of aromatic nitrogens is 1. The molecule has 0 aliphatic heterocycles. The summed E-state index contributed by atoms with van der Waals surface area (Å²) in [6.45, 7) is 3.24. The van der Waals surface area contributed by atoms with Crippen LogP contribution in [0.4, 0.5) is 0 Å². The van der Waals surface area contributed by atoms with Crippen LogP contribution in [0.1, 0.15) is 32.8 Å². The third kappa shape index (κ3) is 4.87. The maximum absolute atomic E-state index is 12.7. The minimum Gasteiger partial charge on any atom is -0.461 e. The number of carbonyl (C=O) groups is 2. The molecule has 0 bridgehead atoms. The van der Waals surface area contributed by atoms with E-state index in [1.807, 2.05) is 18.2 Å². The fourth-order valence-electron chi connectivity index (χ4n) is 2.06. The highest BCUT2D eigenvalue weighted by Crippen LogP contribution is 2.15. The first-order valence-electron chi connectivity index (χ1n) is 7.60. The van der Waals surface area contributed by atoms with Crippen molar-refractivity contribution in [2.75, 3.05) is 26.9 Å². The molecule has 1 amide bonds. The second-order valence-corrected chi connectivity index (χ2v) is 5.88. The molecule has 0 aliphatic rings. The van der Waals surface area contributed by atoms with Crippen LogP contribution in [0.2, 0.25) is 0 Å². The predicted octanol–water partition coefficient (Wildman–Crippen LogP) is 2.61. The van der Waals surface area contributed by atoms with Crippen LogP contribution in [-0.4, -0.2) is 48.6 Å². The second kappa shape index (κ2) is 9.14. The molecule has 2 rings (SSSR count). The minimum absolute atomic E-state index is 0.0967. The highest BCUT2D eigenvalue weighted by atomic mass is 32.1. The number of methoxy groups -OCH3 is 1. The summed E-state index contributed by atoms with van der Waals surface area (Å²) in [6, 6.07) is 9.05. The predicted molar refractivity (Wildman–Crippen MR) is 91.1 cm³/mol. The van der Waals surface area contributed by atoms with Crippen LogP contribution in [0.15, 0.2) is 35.7 Å². The maximum atomic E-state index is 12.7. The lowest BCUT2D eigenvalue weighted by atomic mass is 10.2. The van der Waals surface area contributed by atoms with Gasteiger partial charge in [-0.25, -0.2) is 9.78 Å². The first-order valence-corrected chi connectivity index (χ1v) is 8.48. The molecule has 0 N–H and O–H groups in total. The molecule has 6 nitrogen and oxygen atoms in total. The first kappa shape index (κ1) is 18.1. The van der Waals surface area contributed by atoms with E-state index in [2.05, 4.69) is 4.98 Å². The summed E-state index contributed by atoms with van der Waals surface area (Å²) < 4.78 is 10.0. The molecule has 0 saturated heterocycles. The Hall–Kier alpha value is -2.25. The number of hydrogen-bond acceptors (Lipinski definition) is 6. The van der Waals surface area contributed by atoms with Crippen LogP contribution in [-0.2, 0) is 16.0 Å². The van der Waals surface area contributed by atoms with Gasteiger partial charge in [0.1, 0.15) is 5.01 Å². The van der Waals surface area contributed by atoms with Crippen molar-refractivity contribution in [2.24, 2.45) is 0 Å². The Balaban J connectivity index is 2.11. The molecule has 7 heteroatoms. The molecular weight excluding hydrogens is 328 g/mol. The molecule has 2 aromatic rings. The molecule has 0 unspecified atom stereocenters. The van der Waals surface area contributed by atoms with Gasteiger partial charge in [-0.1, -0.05) is 18.2 Å². The number of rotatable bonds is 8. The van der Waals surface area contributed by atoms with E-state index in [4.69, 9.17) is 9.47 Å². The van der Waals surface area contributed by atoms with Crippen molar-refractivity contribution < 1.29 is 19.1 Å². The lowest BCUT2D eigenvalue weighted by Gasteiger charge is -2.21. The highest BCUT2D eigenvalue weighted by Gasteiger charge is 2.19. The highest BCUT2D eigenvalue weighted by molar-refractivity contribution is 7.09. The number of amides is 1. The molecular formula is C17H20N2O4S. The topological polar surface area (TPSA) is 68.7 Å². The monoisotopic (exact) mass is 348 g/mol. The standard InChI is InChI=1S/C17H20N2O4S/c1-3-23-17(21)14-12-24-15(18-14)11-19(9-10-22-2)16(20)13-7-5-4-6-8-13/h4-8,12H,3,9-11H2,1-2H3. The van der Waals surface area contributed by atoms with Gasteiger partial charge in [0.2, 0.25) is 0 Å². The summed E-state index contributed by atoms with van der Waals surface area (Å²) in [7, 11) is 1.59. The zero-order valence-corrected chi connectivity index (χ0v) is 14.5. The molecule has 0 saturated carbocycles. The van der Waals surface area contributed by atoms with Gasteiger partial charge in [-0.2, -0.15) is 0 Å². The summed E-state index contributed by atoms with van der Waals surface area (Å²) in [4.78, 5) is 30.3. The van der Waals surface area contributed by atoms with E-state index in [0.29, 0.717) is 36.9 Å². The zero-order valence-electron chi connectivity index (χ0n) is 13.7. The third-order valence-corrected chi connectivity index (χ3v) is 4.07. The average molecular weight is 348 g/mol. The number of esters is 1. The summed E-state index contributed by atoms with van der Waals surface area (Å²) in [5.74, 6) is -0.543. The molecule has 0 aliphatic carbocycles. The number of benzene rings is 1. The fourth-order valence-corrected chi connectivity index (χ4v) is 2.84. The Morgan fingerprint density at radius 3 is 2.67 bits per heavy atom. The largest absolute Gasteiger partial charge is 0.461 e. The summed E-state index contributed by atoms with van der Waals surface area (Å²) in [5.41, 5.74) is 0.881. The Morgan fingerprint density at radius 2 is 2.00 bits per heavy atom. The zero-order chi connectivity index (χ0) is 17.4. The molecule has 1 aromatic heterocycles. The van der Waals surface area contributed by atoms with Crippen molar-refractivity contribution in [3.05, 3.63) is 52.0 Å². The van der Waals surface area contributed by atoms with E-state index in [1.165, 1.54) is 11.3 Å². The van der Waals surface area contributed by atoms with Crippen LogP contribution in [0, 0.1) is 0 Å². The van der Waals surface area contributed by atoms with Crippen molar-refractivity contribution >= 4 is 23.2 Å². The summed E-state index contributed by atoms with van der Waals surface area (Å²) >= 11 is 1.33. The number of thiazole rings is 1. The SMILES string of the molecule is CCOC(=O)c1csc(CN(CCOC)C(=O)c2ccccc2)n1. The normalized spacial score (nSPS) is 10.4. The third-order valence-electron chi connectivity index (χ3n) is 3.24. The molecule has 1 aromatic carbocycles. The quantitative estimate of drug-likeness (QED) is 0.686. The lowest BCUT2D eigenvalue weighted by molar-refractivity contribution is 0.0520. The fraction of sp³-hybridized carbons (Fsp3) is 0.353. The van der Waals surface area contributed by atoms with Crippen molar-refractivity contribution in [1.29, 1.82) is 0 Å². The summed E-state index contributed by atoms with van der Waals surface area (Å²) in [6.07, 6.45) is 0. The second-order valence-electron chi connectivity index (χ2n) is 4.93. The van der Waals surface area contributed by atoms with Gasteiger partial charge in [0, 0.05) is 24.6 Å². The van der Waals surface area contributed by atoms with Crippen molar-refractivity contribution in [3.8, 4) is 0 Å². The summed E-state index contributed by atoms with van der Waals surface area (Å²) in [5, 5.41) is 2.33. The molecule has 0 fully saturated rings. The van der Waals surface area contributed by atoms with Gasteiger partial charge in [0.15, 0.2) is 5.69 Å². The maximum Gasteiger partial charge on any atom is 0.357 e. The van der Waals surface area contributed by atoms with Gasteiger partial charge < -0.3 is 14.4 Å². The smallest absolute Gasteiger partial charge is 0.357 e. The van der Waals surface area contributed by atoms with Gasteiger partial charge in [-0.15, -0.1) is 11.3 Å². The molecule has 0 spiro atoms. The van der Waals surface area contributed by atoms with Crippen LogP contribution in [0.5, 0.6) is 0 Å². The number of carbonyl (C=O) groups excluding carboxylic acids is 2. The Bertz CT molecular complexity index is 672. The van der Waals surface area contributed by atoms with E-state index in [9.17, 15) is 9.59 Å². The van der Waals surface area contributed by atoms with E-state index in [1.54, 1.807) is 36.4 Å². The number of ether oxygens (including phenoxy) is 2. The van der Waals surface area contributed by atoms with Crippen LogP contribution < -0.4 is 0 Å². The average Bonchev–Trinajstić information content (AvgIpc) is 3.07. The first-order chi connectivity index (χ1) is 11.7. The van der Waals surface area contributed by atoms with Gasteiger partial charge in [-0.05, 0) is 19.1 Å². The Labute approximate surface area is 145 Å². The van der Waals surface area contributed by atoms with Gasteiger partial charge in [0.25, 0.3) is 5.91 Å². The van der Waals surface area contributed by atoms with E-state index in [0.717, 1.165) is 0 Å². The van der Waals surface area contributed by atoms with Crippen LogP contribution in [0.3, 0.4) is 0 Å². The number of nitrogens with zero attached hydrogens (tertiary/aromatic N) is 2. The molecule has 24 heavy (non-hydrogen) atoms. The van der Waals surface area contributed by atoms with Crippen LogP contribution in [0.25, 0.3) is 0 Å². The molecule has 1 heterocycles. The van der Waals surface area contributed by atoms with E-state index in [-0.39, 0.29) is 11.6 Å². The van der Waals surface area contributed by atoms with Crippen molar-refractivity contribution in [2.45, 2.75) is 13.5 Å². The van der Waals surface area contributed by atoms with Crippen LogP contribution >= 0.6 is 11.3 Å². The Morgan fingerprint density at radius 1 is 1.25 bits per heavy atom. The molecule has 128 valence electrons. The van der Waals surface area contributed by atoms with Gasteiger partial charge in [0.05, 0.1) is 19.8 Å². The Kier molecular flexibility index (Phi) is 6.89. The lowest BCUT2D eigenvalue weighted by Crippen LogP contribution is -2.33. The minimum atomic E-state index is -0.446. The van der Waals surface area contributed by atoms with E-state index < -0.39 is 5.97 Å². The molecule has 0 radical (unpaired) electrons. The van der Waals surface area contributed by atoms with Gasteiger partial charge >= 0.3 is 5.97 Å². The van der Waals surface area contributed by atoms with E-state index >= 15 is 0 Å². The molecule has 0 atom stereocenters. The van der Waals surface area contributed by atoms with Crippen molar-refractivity contribution in [1.82, 2.24) is 9.88 Å². The van der Waals surface area contributed by atoms with Crippen molar-refractivity contribution in [3.63, 3.8) is 0 Å². The number of hydrogen-bond donors (Lipinski definition) is 0.